The van der Waals surface area contributed by atoms with Crippen LogP contribution < -0.4 is 9.47 Å². The molecule has 2 atom stereocenters. The minimum absolute atomic E-state index is 0.0121. The first kappa shape index (κ1) is 31.4. The van der Waals surface area contributed by atoms with Gasteiger partial charge in [-0.25, -0.2) is 13.2 Å². The summed E-state index contributed by atoms with van der Waals surface area (Å²) in [4.78, 5) is 17.5. The first-order chi connectivity index (χ1) is 20.6. The van der Waals surface area contributed by atoms with E-state index in [-0.39, 0.29) is 52.6 Å². The number of nitrogens with zero attached hydrogens (tertiary/aromatic N) is 2. The summed E-state index contributed by atoms with van der Waals surface area (Å²) in [6.45, 7) is -3.00. The van der Waals surface area contributed by atoms with E-state index in [4.69, 9.17) is 37.4 Å². The minimum Gasteiger partial charge on any atom is -0.489 e. The van der Waals surface area contributed by atoms with Crippen LogP contribution in [0.3, 0.4) is 0 Å². The Morgan fingerprint density at radius 3 is 2.47 bits per heavy atom. The average molecular weight is 658 g/mol. The van der Waals surface area contributed by atoms with Crippen molar-refractivity contribution in [3.8, 4) is 11.5 Å². The number of morpholine rings is 1. The van der Waals surface area contributed by atoms with Crippen LogP contribution >= 0.6 is 23.2 Å². The van der Waals surface area contributed by atoms with E-state index in [9.17, 15) is 22.0 Å². The number of esters is 1. The molecule has 230 valence electrons. The molecular formula is C29H28Cl2F2N2O7S. The van der Waals surface area contributed by atoms with Crippen molar-refractivity contribution in [2.24, 2.45) is 5.92 Å². The monoisotopic (exact) mass is 656 g/mol. The van der Waals surface area contributed by atoms with Crippen molar-refractivity contribution in [2.75, 3.05) is 26.3 Å². The zero-order valence-corrected chi connectivity index (χ0v) is 25.0. The largest absolute Gasteiger partial charge is 0.489 e. The molecule has 14 heteroatoms. The van der Waals surface area contributed by atoms with Crippen LogP contribution in [0.15, 0.2) is 65.8 Å². The van der Waals surface area contributed by atoms with E-state index in [1.807, 2.05) is 0 Å². The maximum Gasteiger partial charge on any atom is 0.387 e. The molecule has 0 spiro atoms. The number of rotatable bonds is 12. The lowest BCUT2D eigenvalue weighted by molar-refractivity contribution is -0.166. The Bertz CT molecular complexity index is 1520. The number of sulfonamides is 1. The Labute approximate surface area is 257 Å². The molecule has 5 rings (SSSR count). The van der Waals surface area contributed by atoms with Gasteiger partial charge in [0.05, 0.1) is 34.7 Å². The summed E-state index contributed by atoms with van der Waals surface area (Å²) in [5, 5.41) is 0.455. The number of carbonyl (C=O) groups excluding carboxylic acids is 1. The predicted octanol–water partition coefficient (Wildman–Crippen LogP) is 5.70. The van der Waals surface area contributed by atoms with Gasteiger partial charge in [0.2, 0.25) is 10.0 Å². The molecule has 2 aliphatic rings. The van der Waals surface area contributed by atoms with Crippen molar-refractivity contribution in [3.63, 3.8) is 0 Å². The lowest BCUT2D eigenvalue weighted by atomic mass is 10.0. The number of pyridine rings is 1. The van der Waals surface area contributed by atoms with Gasteiger partial charge in [-0.2, -0.15) is 13.1 Å². The third kappa shape index (κ3) is 7.93. The first-order valence-corrected chi connectivity index (χ1v) is 15.7. The van der Waals surface area contributed by atoms with E-state index < -0.39 is 34.8 Å². The van der Waals surface area contributed by atoms with Crippen LogP contribution in [0.4, 0.5) is 8.78 Å². The van der Waals surface area contributed by atoms with Gasteiger partial charge in [0.25, 0.3) is 0 Å². The summed E-state index contributed by atoms with van der Waals surface area (Å²) >= 11 is 12.7. The molecular weight excluding hydrogens is 629 g/mol. The molecule has 0 N–H and O–H groups in total. The zero-order valence-electron chi connectivity index (χ0n) is 22.7. The summed E-state index contributed by atoms with van der Waals surface area (Å²) in [6, 6.07) is 12.1. The molecule has 0 bridgehead atoms. The molecule has 1 saturated heterocycles. The molecule has 0 radical (unpaired) electrons. The highest BCUT2D eigenvalue weighted by atomic mass is 35.5. The molecule has 43 heavy (non-hydrogen) atoms. The summed E-state index contributed by atoms with van der Waals surface area (Å²) in [7, 11) is -3.89. The molecule has 9 nitrogen and oxygen atoms in total. The van der Waals surface area contributed by atoms with Gasteiger partial charge in [-0.3, -0.25) is 4.98 Å². The maximum absolute atomic E-state index is 13.5. The van der Waals surface area contributed by atoms with E-state index in [0.717, 1.165) is 12.8 Å². The topological polar surface area (TPSA) is 104 Å². The molecule has 1 aliphatic heterocycles. The van der Waals surface area contributed by atoms with E-state index in [2.05, 4.69) is 9.72 Å². The fraction of sp³-hybridized carbons (Fsp3) is 0.379. The van der Waals surface area contributed by atoms with Gasteiger partial charge < -0.3 is 18.9 Å². The average Bonchev–Trinajstić information content (AvgIpc) is 3.83. The van der Waals surface area contributed by atoms with Gasteiger partial charge in [0, 0.05) is 25.4 Å². The summed E-state index contributed by atoms with van der Waals surface area (Å²) in [5.41, 5.74) is 0.816. The lowest BCUT2D eigenvalue weighted by Crippen LogP contribution is -2.49. The summed E-state index contributed by atoms with van der Waals surface area (Å²) < 4.78 is 75.7. The van der Waals surface area contributed by atoms with Crippen molar-refractivity contribution in [2.45, 2.75) is 43.0 Å². The number of benzene rings is 2. The third-order valence-electron chi connectivity index (χ3n) is 7.00. The second kappa shape index (κ2) is 13.7. The van der Waals surface area contributed by atoms with Crippen LogP contribution in [0.5, 0.6) is 11.5 Å². The molecule has 1 saturated carbocycles. The van der Waals surface area contributed by atoms with E-state index in [1.54, 1.807) is 18.2 Å². The van der Waals surface area contributed by atoms with E-state index >= 15 is 0 Å². The van der Waals surface area contributed by atoms with Crippen molar-refractivity contribution >= 4 is 39.2 Å². The molecule has 1 aromatic heterocycles. The van der Waals surface area contributed by atoms with E-state index in [0.29, 0.717) is 23.7 Å². The summed E-state index contributed by atoms with van der Waals surface area (Å²) in [6.07, 6.45) is 2.44. The Kier molecular flexibility index (Phi) is 10.0. The smallest absolute Gasteiger partial charge is 0.387 e. The number of aromatic nitrogens is 1. The van der Waals surface area contributed by atoms with Crippen LogP contribution in [0.2, 0.25) is 10.0 Å². The highest BCUT2D eigenvalue weighted by molar-refractivity contribution is 7.89. The molecule has 1 unspecified atom stereocenters. The number of hydrogen-bond donors (Lipinski definition) is 0. The Hall–Kier alpha value is -3.03. The SMILES string of the molecule is O=C(O[C@@H](Cc1c(Cl)cncc1Cl)c1ccc(OC(F)F)c(OCC2CC2)c1)C1CN(S(=O)(=O)c2ccccc2)CCO1. The van der Waals surface area contributed by atoms with Crippen molar-refractivity contribution in [1.82, 2.24) is 9.29 Å². The highest BCUT2D eigenvalue weighted by Crippen LogP contribution is 2.38. The van der Waals surface area contributed by atoms with Gasteiger partial charge in [-0.1, -0.05) is 47.5 Å². The fourth-order valence-electron chi connectivity index (χ4n) is 4.51. The Morgan fingerprint density at radius 1 is 1.07 bits per heavy atom. The number of alkyl halides is 2. The zero-order chi connectivity index (χ0) is 30.6. The van der Waals surface area contributed by atoms with Gasteiger partial charge in [-0.05, 0) is 54.2 Å². The molecule has 0 amide bonds. The van der Waals surface area contributed by atoms with Crippen LogP contribution in [0.1, 0.15) is 30.1 Å². The van der Waals surface area contributed by atoms with Gasteiger partial charge in [0.15, 0.2) is 17.6 Å². The number of hydrogen-bond acceptors (Lipinski definition) is 8. The van der Waals surface area contributed by atoms with Gasteiger partial charge in [-0.15, -0.1) is 0 Å². The fourth-order valence-corrected chi connectivity index (χ4v) is 6.48. The van der Waals surface area contributed by atoms with Crippen LogP contribution in [-0.4, -0.2) is 62.7 Å². The van der Waals surface area contributed by atoms with Crippen LogP contribution in [0.25, 0.3) is 0 Å². The number of ether oxygens (including phenoxy) is 4. The van der Waals surface area contributed by atoms with Crippen molar-refractivity contribution in [3.05, 3.63) is 82.1 Å². The molecule has 2 heterocycles. The quantitative estimate of drug-likeness (QED) is 0.229. The van der Waals surface area contributed by atoms with Crippen LogP contribution in [0, 0.1) is 5.92 Å². The van der Waals surface area contributed by atoms with Crippen molar-refractivity contribution < 1.29 is 40.9 Å². The second-order valence-corrected chi connectivity index (χ2v) is 12.8. The van der Waals surface area contributed by atoms with Gasteiger partial charge >= 0.3 is 12.6 Å². The molecule has 2 aromatic carbocycles. The molecule has 1 aliphatic carbocycles. The maximum atomic E-state index is 13.5. The second-order valence-electron chi connectivity index (χ2n) is 10.1. The van der Waals surface area contributed by atoms with Crippen LogP contribution in [-0.2, 0) is 30.7 Å². The third-order valence-corrected chi connectivity index (χ3v) is 9.53. The Balaban J connectivity index is 1.41. The predicted molar refractivity (Wildman–Crippen MR) is 153 cm³/mol. The van der Waals surface area contributed by atoms with Gasteiger partial charge in [0.1, 0.15) is 6.10 Å². The Morgan fingerprint density at radius 2 is 1.79 bits per heavy atom. The minimum atomic E-state index is -3.89. The van der Waals surface area contributed by atoms with E-state index in [1.165, 1.54) is 47.0 Å². The standard InChI is InChI=1S/C29H28Cl2F2N2O7S/c30-22-14-34-15-23(31)21(22)13-25(19-8-9-24(42-29(32)33)26(12-19)40-17-18-6-7-18)41-28(36)27-16-35(10-11-39-27)43(37,38)20-4-2-1-3-5-20/h1-5,8-9,12,14-15,18,25,27,29H,6-7,10-11,13,16-17H2/t25-,27?/m0/s1. The molecule has 2 fully saturated rings. The highest BCUT2D eigenvalue weighted by Gasteiger charge is 2.36. The summed E-state index contributed by atoms with van der Waals surface area (Å²) in [5.74, 6) is -0.606. The molecule has 3 aromatic rings. The van der Waals surface area contributed by atoms with Crippen molar-refractivity contribution in [1.29, 1.82) is 0 Å². The lowest BCUT2D eigenvalue weighted by Gasteiger charge is -2.32. The number of halogens is 4. The normalized spacial score (nSPS) is 18.3. The number of carbonyl (C=O) groups is 1. The first-order valence-electron chi connectivity index (χ1n) is 13.5.